The zero-order valence-corrected chi connectivity index (χ0v) is 7.86. The largest absolute Gasteiger partial charge is 0.371 e. The Morgan fingerprint density at radius 3 is 2.69 bits per heavy atom. The summed E-state index contributed by atoms with van der Waals surface area (Å²) in [7, 11) is 2.00. The van der Waals surface area contributed by atoms with Crippen LogP contribution in [0.5, 0.6) is 0 Å². The van der Waals surface area contributed by atoms with E-state index in [1.165, 1.54) is 5.56 Å². The van der Waals surface area contributed by atoms with Crippen molar-refractivity contribution in [3.63, 3.8) is 0 Å². The van der Waals surface area contributed by atoms with Gasteiger partial charge in [-0.25, -0.2) is 0 Å². The highest BCUT2D eigenvalue weighted by atomic mass is 16.6. The van der Waals surface area contributed by atoms with Gasteiger partial charge in [-0.05, 0) is 19.0 Å². The Labute approximate surface area is 78.9 Å². The van der Waals surface area contributed by atoms with Crippen molar-refractivity contribution in [1.29, 1.82) is 0 Å². The summed E-state index contributed by atoms with van der Waals surface area (Å²) in [5.41, 5.74) is 1.37. The number of rotatable bonds is 4. The maximum absolute atomic E-state index is 5.27. The van der Waals surface area contributed by atoms with Crippen LogP contribution in [0.25, 0.3) is 0 Å². The van der Waals surface area contributed by atoms with E-state index in [-0.39, 0.29) is 0 Å². The third-order valence-electron chi connectivity index (χ3n) is 2.48. The summed E-state index contributed by atoms with van der Waals surface area (Å²) < 4.78 is 5.27. The molecule has 1 aliphatic heterocycles. The van der Waals surface area contributed by atoms with Gasteiger partial charge in [-0.3, -0.25) is 0 Å². The molecule has 2 heteroatoms. The molecule has 1 saturated heterocycles. The topological polar surface area (TPSA) is 24.6 Å². The zero-order chi connectivity index (χ0) is 9.10. The Morgan fingerprint density at radius 2 is 2.15 bits per heavy atom. The van der Waals surface area contributed by atoms with Crippen LogP contribution in [-0.4, -0.2) is 25.8 Å². The molecule has 0 amide bonds. The van der Waals surface area contributed by atoms with Crippen molar-refractivity contribution in [3.8, 4) is 0 Å². The molecule has 1 aromatic carbocycles. The van der Waals surface area contributed by atoms with Gasteiger partial charge in [0.2, 0.25) is 0 Å². The second-order valence-corrected chi connectivity index (χ2v) is 3.46. The SMILES string of the molecule is CN[C@H](Cc1ccccc1)[C@H]1CO1. The number of hydrogen-bond acceptors (Lipinski definition) is 2. The standard InChI is InChI=1S/C11H15NO/c1-12-10(11-8-13-11)7-9-5-3-2-4-6-9/h2-6,10-12H,7-8H2,1H3/t10-,11-/m1/s1. The minimum absolute atomic E-state index is 0.435. The molecule has 0 radical (unpaired) electrons. The fraction of sp³-hybridized carbons (Fsp3) is 0.455. The van der Waals surface area contributed by atoms with Crippen LogP contribution in [0.15, 0.2) is 30.3 Å². The molecule has 1 heterocycles. The highest BCUT2D eigenvalue weighted by Crippen LogP contribution is 2.17. The summed E-state index contributed by atoms with van der Waals surface area (Å²) in [6.45, 7) is 0.915. The lowest BCUT2D eigenvalue weighted by atomic mass is 10.0. The summed E-state index contributed by atoms with van der Waals surface area (Å²) in [5.74, 6) is 0. The van der Waals surface area contributed by atoms with Gasteiger partial charge in [-0.2, -0.15) is 0 Å². The normalized spacial score (nSPS) is 22.7. The molecule has 0 aromatic heterocycles. The highest BCUT2D eigenvalue weighted by Gasteiger charge is 2.31. The average molecular weight is 177 g/mol. The molecule has 0 spiro atoms. The van der Waals surface area contributed by atoms with Crippen molar-refractivity contribution in [2.75, 3.05) is 13.7 Å². The quantitative estimate of drug-likeness (QED) is 0.699. The Hall–Kier alpha value is -0.860. The summed E-state index contributed by atoms with van der Waals surface area (Å²) >= 11 is 0. The third kappa shape index (κ3) is 2.29. The Morgan fingerprint density at radius 1 is 1.46 bits per heavy atom. The van der Waals surface area contributed by atoms with Crippen LogP contribution in [0.1, 0.15) is 5.56 Å². The van der Waals surface area contributed by atoms with E-state index in [9.17, 15) is 0 Å². The Bertz CT molecular complexity index is 256. The molecule has 1 N–H and O–H groups in total. The van der Waals surface area contributed by atoms with Crippen molar-refractivity contribution in [2.45, 2.75) is 18.6 Å². The van der Waals surface area contributed by atoms with E-state index in [0.29, 0.717) is 12.1 Å². The number of hydrogen-bond donors (Lipinski definition) is 1. The van der Waals surface area contributed by atoms with Crippen LogP contribution < -0.4 is 5.32 Å². The van der Waals surface area contributed by atoms with Crippen molar-refractivity contribution in [2.24, 2.45) is 0 Å². The smallest absolute Gasteiger partial charge is 0.0965 e. The summed E-state index contributed by atoms with van der Waals surface area (Å²) in [6.07, 6.45) is 1.49. The number of nitrogens with one attached hydrogen (secondary N) is 1. The van der Waals surface area contributed by atoms with Crippen molar-refractivity contribution < 1.29 is 4.74 Å². The van der Waals surface area contributed by atoms with E-state index < -0.39 is 0 Å². The van der Waals surface area contributed by atoms with Gasteiger partial charge in [-0.1, -0.05) is 30.3 Å². The van der Waals surface area contributed by atoms with Crippen LogP contribution in [0.3, 0.4) is 0 Å². The Kier molecular flexibility index (Phi) is 2.62. The van der Waals surface area contributed by atoms with Crippen molar-refractivity contribution >= 4 is 0 Å². The molecule has 1 aliphatic rings. The predicted octanol–water partition coefficient (Wildman–Crippen LogP) is 1.22. The highest BCUT2D eigenvalue weighted by molar-refractivity contribution is 5.16. The first-order valence-electron chi connectivity index (χ1n) is 4.73. The van der Waals surface area contributed by atoms with Crippen LogP contribution >= 0.6 is 0 Å². The van der Waals surface area contributed by atoms with E-state index in [2.05, 4.69) is 29.6 Å². The molecule has 0 aliphatic carbocycles. The fourth-order valence-corrected chi connectivity index (χ4v) is 1.58. The number of epoxide rings is 1. The van der Waals surface area contributed by atoms with Crippen molar-refractivity contribution in [1.82, 2.24) is 5.32 Å². The first-order chi connectivity index (χ1) is 6.40. The average Bonchev–Trinajstić information content (AvgIpc) is 2.99. The van der Waals surface area contributed by atoms with Gasteiger partial charge in [0.05, 0.1) is 12.7 Å². The Balaban J connectivity index is 1.95. The molecule has 0 bridgehead atoms. The van der Waals surface area contributed by atoms with Crippen LogP contribution in [-0.2, 0) is 11.2 Å². The van der Waals surface area contributed by atoms with E-state index in [0.717, 1.165) is 13.0 Å². The molecule has 1 aromatic rings. The zero-order valence-electron chi connectivity index (χ0n) is 7.86. The van der Waals surface area contributed by atoms with Gasteiger partial charge < -0.3 is 10.1 Å². The lowest BCUT2D eigenvalue weighted by molar-refractivity contribution is 0.349. The molecule has 70 valence electrons. The second kappa shape index (κ2) is 3.90. The molecular weight excluding hydrogens is 162 g/mol. The number of likely N-dealkylation sites (N-methyl/N-ethyl adjacent to an activating group) is 1. The monoisotopic (exact) mass is 177 g/mol. The van der Waals surface area contributed by atoms with Gasteiger partial charge in [-0.15, -0.1) is 0 Å². The summed E-state index contributed by atoms with van der Waals surface area (Å²) in [5, 5.41) is 3.29. The van der Waals surface area contributed by atoms with E-state index in [1.807, 2.05) is 13.1 Å². The maximum atomic E-state index is 5.27. The van der Waals surface area contributed by atoms with Gasteiger partial charge in [0.15, 0.2) is 0 Å². The first kappa shape index (κ1) is 8.73. The molecular formula is C11H15NO. The number of benzene rings is 1. The summed E-state index contributed by atoms with van der Waals surface area (Å²) in [6, 6.07) is 11.0. The molecule has 13 heavy (non-hydrogen) atoms. The van der Waals surface area contributed by atoms with Gasteiger partial charge in [0, 0.05) is 6.04 Å². The van der Waals surface area contributed by atoms with E-state index in [4.69, 9.17) is 4.74 Å². The first-order valence-corrected chi connectivity index (χ1v) is 4.73. The van der Waals surface area contributed by atoms with Crippen LogP contribution in [0.4, 0.5) is 0 Å². The molecule has 1 fully saturated rings. The lowest BCUT2D eigenvalue weighted by Crippen LogP contribution is -2.32. The van der Waals surface area contributed by atoms with Crippen LogP contribution in [0, 0.1) is 0 Å². The minimum Gasteiger partial charge on any atom is -0.371 e. The molecule has 2 rings (SSSR count). The van der Waals surface area contributed by atoms with E-state index >= 15 is 0 Å². The van der Waals surface area contributed by atoms with Crippen molar-refractivity contribution in [3.05, 3.63) is 35.9 Å². The molecule has 0 unspecified atom stereocenters. The van der Waals surface area contributed by atoms with E-state index in [1.54, 1.807) is 0 Å². The van der Waals surface area contributed by atoms with Crippen LogP contribution in [0.2, 0.25) is 0 Å². The molecule has 2 nitrogen and oxygen atoms in total. The van der Waals surface area contributed by atoms with Gasteiger partial charge >= 0.3 is 0 Å². The molecule has 0 saturated carbocycles. The minimum atomic E-state index is 0.435. The van der Waals surface area contributed by atoms with Gasteiger partial charge in [0.25, 0.3) is 0 Å². The fourth-order valence-electron chi connectivity index (χ4n) is 1.58. The van der Waals surface area contributed by atoms with Gasteiger partial charge in [0.1, 0.15) is 0 Å². The maximum Gasteiger partial charge on any atom is 0.0965 e. The third-order valence-corrected chi connectivity index (χ3v) is 2.48. The summed E-state index contributed by atoms with van der Waals surface area (Å²) in [4.78, 5) is 0. The number of ether oxygens (including phenoxy) is 1. The molecule has 2 atom stereocenters. The second-order valence-electron chi connectivity index (χ2n) is 3.46. The predicted molar refractivity (Wildman–Crippen MR) is 52.7 cm³/mol. The lowest BCUT2D eigenvalue weighted by Gasteiger charge is -2.12.